The number of benzene rings is 2. The number of nitrogens with one attached hydrogen (secondary N) is 2. The predicted molar refractivity (Wildman–Crippen MR) is 176 cm³/mol. The monoisotopic (exact) mass is 617 g/mol. The first kappa shape index (κ1) is 20.5. The number of nitrogens with zero attached hydrogens (tertiary/aromatic N) is 4. The van der Waals surface area contributed by atoms with Crippen molar-refractivity contribution in [3.05, 3.63) is 70.3 Å². The van der Waals surface area contributed by atoms with Gasteiger partial charge in [-0.05, 0) is 81.4 Å². The molecule has 10 heteroatoms. The van der Waals surface area contributed by atoms with E-state index >= 15 is 0 Å². The third kappa shape index (κ3) is 5.07. The fraction of sp³-hybridized carbons (Fsp3) is 0.400. The Kier molecular flexibility index (Phi) is 4.91. The van der Waals surface area contributed by atoms with Crippen LogP contribution in [0.1, 0.15) is 62.6 Å². The van der Waals surface area contributed by atoms with Crippen LogP contribution in [0.3, 0.4) is 0 Å². The van der Waals surface area contributed by atoms with Crippen LogP contribution in [0.4, 0.5) is 4.79 Å². The number of aromatic amines is 1. The Morgan fingerprint density at radius 3 is 2.76 bits per heavy atom. The lowest BCUT2D eigenvalue weighted by Crippen LogP contribution is -2.33. The highest BCUT2D eigenvalue weighted by atomic mass is 16.5. The molecule has 0 bridgehead atoms. The minimum absolute atomic E-state index is 0.124. The number of rotatable bonds is 6. The summed E-state index contributed by atoms with van der Waals surface area (Å²) in [4.78, 5) is 34.9. The Labute approximate surface area is 274 Å². The van der Waals surface area contributed by atoms with E-state index in [9.17, 15) is 9.59 Å². The summed E-state index contributed by atoms with van der Waals surface area (Å²) >= 11 is 0. The number of carbonyl (C=O) groups excluding carboxylic acids is 1. The van der Waals surface area contributed by atoms with E-state index < -0.39 is 44.4 Å². The highest BCUT2D eigenvalue weighted by Gasteiger charge is 2.33. The largest absolute Gasteiger partial charge is 0.487 e. The van der Waals surface area contributed by atoms with Crippen LogP contribution in [0, 0.1) is 0 Å². The van der Waals surface area contributed by atoms with Crippen molar-refractivity contribution in [2.75, 3.05) is 21.1 Å². The molecule has 234 valence electrons. The highest BCUT2D eigenvalue weighted by molar-refractivity contribution is 6.14. The van der Waals surface area contributed by atoms with Crippen molar-refractivity contribution in [3.8, 4) is 28.1 Å². The molecule has 7 rings (SSSR count). The Morgan fingerprint density at radius 1 is 1.20 bits per heavy atom. The van der Waals surface area contributed by atoms with E-state index in [4.69, 9.17) is 21.8 Å². The first-order valence-electron chi connectivity index (χ1n) is 19.4. The summed E-state index contributed by atoms with van der Waals surface area (Å²) in [6.45, 7) is -4.89. The summed E-state index contributed by atoms with van der Waals surface area (Å²) in [5, 5.41) is 3.32. The zero-order chi connectivity index (χ0) is 39.1. The Balaban J connectivity index is 1.46. The van der Waals surface area contributed by atoms with Crippen molar-refractivity contribution >= 4 is 28.2 Å². The average molecular weight is 618 g/mol. The lowest BCUT2D eigenvalue weighted by molar-refractivity contribution is 0.138. The fourth-order valence-electron chi connectivity index (χ4n) is 6.96. The summed E-state index contributed by atoms with van der Waals surface area (Å²) < 4.78 is 85.0. The molecule has 1 fully saturated rings. The third-order valence-electron chi connectivity index (χ3n) is 8.87. The number of amides is 1. The molecule has 4 heterocycles. The predicted octanol–water partition coefficient (Wildman–Crippen LogP) is 5.78. The van der Waals surface area contributed by atoms with Crippen LogP contribution in [0.25, 0.3) is 44.5 Å². The number of pyridine rings is 1. The fourth-order valence-corrected chi connectivity index (χ4v) is 6.96. The molecule has 3 aromatic heterocycles. The van der Waals surface area contributed by atoms with Crippen molar-refractivity contribution in [2.24, 2.45) is 6.98 Å². The third-order valence-corrected chi connectivity index (χ3v) is 8.87. The number of H-pyrrole nitrogens is 1. The Morgan fingerprint density at radius 2 is 2.00 bits per heavy atom. The van der Waals surface area contributed by atoms with Crippen molar-refractivity contribution in [2.45, 2.75) is 63.8 Å². The molecule has 2 aliphatic rings. The van der Waals surface area contributed by atoms with Gasteiger partial charge in [-0.2, -0.15) is 0 Å². The topological polar surface area (TPSA) is 106 Å². The second kappa shape index (κ2) is 10.8. The van der Waals surface area contributed by atoms with Gasteiger partial charge in [-0.3, -0.25) is 9.13 Å². The van der Waals surface area contributed by atoms with Gasteiger partial charge in [0.05, 0.1) is 35.4 Å². The Hall–Kier alpha value is -4.57. The van der Waals surface area contributed by atoms with Gasteiger partial charge in [0.2, 0.25) is 0 Å². The molecule has 0 spiro atoms. The number of hydrogen-bond donors (Lipinski definition) is 2. The van der Waals surface area contributed by atoms with E-state index in [0.717, 1.165) is 21.4 Å². The molecule has 1 aliphatic carbocycles. The minimum Gasteiger partial charge on any atom is -0.487 e. The normalized spacial score (nSPS) is 22.7. The van der Waals surface area contributed by atoms with Gasteiger partial charge in [0.1, 0.15) is 17.0 Å². The van der Waals surface area contributed by atoms with E-state index in [0.29, 0.717) is 69.5 Å². The van der Waals surface area contributed by atoms with Gasteiger partial charge < -0.3 is 24.7 Å². The summed E-state index contributed by atoms with van der Waals surface area (Å²) in [5.74, 6) is 0.742. The SMILES string of the molecule is [2H]C([2H])([2H])N(Cc1ccc(-c2[nH]c3ncc4c(c3c2-c2ccc3c(c2)CC(C)(C)O3)n([C@@H]2CC[C@@H](NC(=O)OC)C2)c(=O)n4C([2H])([2H])[2H])cc1)C([2H])([2H])[2H]. The maximum absolute atomic E-state index is 14.3. The molecule has 1 aliphatic heterocycles. The van der Waals surface area contributed by atoms with Crippen LogP contribution in [-0.4, -0.2) is 62.8 Å². The van der Waals surface area contributed by atoms with E-state index in [2.05, 4.69) is 15.3 Å². The van der Waals surface area contributed by atoms with Crippen molar-refractivity contribution in [3.63, 3.8) is 0 Å². The second-order valence-corrected chi connectivity index (χ2v) is 12.5. The van der Waals surface area contributed by atoms with Crippen LogP contribution >= 0.6 is 0 Å². The molecule has 2 atom stereocenters. The van der Waals surface area contributed by atoms with Gasteiger partial charge in [0, 0.05) is 49.9 Å². The zero-order valence-corrected chi connectivity index (χ0v) is 25.2. The van der Waals surface area contributed by atoms with Crippen molar-refractivity contribution < 1.29 is 26.6 Å². The summed E-state index contributed by atoms with van der Waals surface area (Å²) in [7, 11) is 1.27. The van der Waals surface area contributed by atoms with Crippen LogP contribution in [0.5, 0.6) is 5.75 Å². The first-order valence-corrected chi connectivity index (χ1v) is 14.9. The molecule has 2 N–H and O–H groups in total. The van der Waals surface area contributed by atoms with Gasteiger partial charge >= 0.3 is 11.8 Å². The van der Waals surface area contributed by atoms with Gasteiger partial charge in [0.15, 0.2) is 0 Å². The number of aryl methyl sites for hydroxylation is 1. The molecular formula is C35H40N6O4. The van der Waals surface area contributed by atoms with Gasteiger partial charge in [-0.15, -0.1) is 0 Å². The standard InChI is InChI=1S/C35H40N6O4/c1-35(2)17-23-15-22(11-14-27(23)45-35)28-29-31-26(40(5)34(43)41(31)25-13-12-24(16-25)37-33(42)44-6)18-36-32(29)38-30(28)21-9-7-20(8-10-21)19-39(3)4/h7-11,14-15,18,24-25H,12-13,16-17,19H2,1-6H3,(H,36,38)(H,37,42)/t24-,25-/m1/s1/i3D3,4D3,5D3. The maximum atomic E-state index is 14.3. The first-order chi connectivity index (χ1) is 25.2. The lowest BCUT2D eigenvalue weighted by Gasteiger charge is -2.16. The van der Waals surface area contributed by atoms with Crippen molar-refractivity contribution in [1.29, 1.82) is 0 Å². The van der Waals surface area contributed by atoms with Crippen molar-refractivity contribution in [1.82, 2.24) is 29.3 Å². The molecule has 10 nitrogen and oxygen atoms in total. The minimum atomic E-state index is -2.85. The molecular weight excluding hydrogens is 568 g/mol. The summed E-state index contributed by atoms with van der Waals surface area (Å²) in [6.07, 6.45) is 2.81. The van der Waals surface area contributed by atoms with E-state index in [-0.39, 0.29) is 18.1 Å². The number of imidazole rings is 1. The molecule has 2 aromatic carbocycles. The van der Waals surface area contributed by atoms with Gasteiger partial charge in [0.25, 0.3) is 0 Å². The quantitative estimate of drug-likeness (QED) is 0.251. The number of fused-ring (bicyclic) bond motifs is 4. The highest BCUT2D eigenvalue weighted by Crippen LogP contribution is 2.45. The number of carbonyl (C=O) groups is 1. The van der Waals surface area contributed by atoms with E-state index in [1.165, 1.54) is 17.9 Å². The van der Waals surface area contributed by atoms with E-state index in [1.807, 2.05) is 32.0 Å². The number of methoxy groups -OCH3 is 1. The van der Waals surface area contributed by atoms with Crippen LogP contribution < -0.4 is 15.7 Å². The molecule has 1 saturated carbocycles. The molecule has 0 radical (unpaired) electrons. The number of hydrogen-bond acceptors (Lipinski definition) is 6. The molecule has 1 amide bonds. The number of alkyl carbamates (subject to hydrolysis) is 1. The molecule has 45 heavy (non-hydrogen) atoms. The average Bonchev–Trinajstić information content (AvgIpc) is 3.82. The van der Waals surface area contributed by atoms with E-state index in [1.54, 1.807) is 24.3 Å². The summed E-state index contributed by atoms with van der Waals surface area (Å²) in [5.41, 5.74) is 3.81. The smallest absolute Gasteiger partial charge is 0.407 e. The summed E-state index contributed by atoms with van der Waals surface area (Å²) in [6, 6.07) is 11.9. The van der Waals surface area contributed by atoms with Crippen LogP contribution in [0.15, 0.2) is 53.5 Å². The molecule has 0 saturated heterocycles. The number of aromatic nitrogens is 4. The van der Waals surface area contributed by atoms with Gasteiger partial charge in [-0.1, -0.05) is 30.3 Å². The van der Waals surface area contributed by atoms with Gasteiger partial charge in [-0.25, -0.2) is 14.6 Å². The Bertz CT molecular complexity index is 2310. The molecule has 0 unspecified atom stereocenters. The molecule has 5 aromatic rings. The van der Waals surface area contributed by atoms with Crippen LogP contribution in [0.2, 0.25) is 0 Å². The second-order valence-electron chi connectivity index (χ2n) is 12.5. The maximum Gasteiger partial charge on any atom is 0.407 e. The number of ether oxygens (including phenoxy) is 2. The lowest BCUT2D eigenvalue weighted by atomic mass is 9.94. The zero-order valence-electron chi connectivity index (χ0n) is 34.2. The van der Waals surface area contributed by atoms with Crippen LogP contribution in [-0.2, 0) is 24.7 Å².